The normalized spacial score (nSPS) is 19.6. The SMILES string of the molecule is CCCC[C@@](O)(C(C)OCC)[C@H](O)CO. The van der Waals surface area contributed by atoms with Gasteiger partial charge in [-0.2, -0.15) is 0 Å². The van der Waals surface area contributed by atoms with Gasteiger partial charge in [0.1, 0.15) is 11.7 Å². The topological polar surface area (TPSA) is 69.9 Å². The predicted octanol–water partition coefficient (Wildman–Crippen LogP) is 0.686. The van der Waals surface area contributed by atoms with E-state index in [9.17, 15) is 10.2 Å². The summed E-state index contributed by atoms with van der Waals surface area (Å²) >= 11 is 0. The second kappa shape index (κ2) is 7.17. The van der Waals surface area contributed by atoms with E-state index in [0.717, 1.165) is 12.8 Å². The molecule has 0 rings (SSSR count). The first-order valence-electron chi connectivity index (χ1n) is 5.65. The molecule has 15 heavy (non-hydrogen) atoms. The molecular weight excluding hydrogens is 196 g/mol. The molecular formula is C11H24O4. The lowest BCUT2D eigenvalue weighted by Crippen LogP contribution is -2.53. The van der Waals surface area contributed by atoms with E-state index in [1.807, 2.05) is 13.8 Å². The Hall–Kier alpha value is -0.160. The fraction of sp³-hybridized carbons (Fsp3) is 1.00. The Morgan fingerprint density at radius 2 is 1.93 bits per heavy atom. The van der Waals surface area contributed by atoms with Crippen LogP contribution in [0.15, 0.2) is 0 Å². The van der Waals surface area contributed by atoms with Crippen molar-refractivity contribution in [3.63, 3.8) is 0 Å². The third-order valence-corrected chi connectivity index (χ3v) is 2.80. The van der Waals surface area contributed by atoms with E-state index < -0.39 is 24.4 Å². The Kier molecular flexibility index (Phi) is 7.09. The molecule has 0 fully saturated rings. The van der Waals surface area contributed by atoms with Gasteiger partial charge in [0.25, 0.3) is 0 Å². The molecule has 0 aliphatic rings. The number of aliphatic hydroxyl groups excluding tert-OH is 2. The predicted molar refractivity (Wildman–Crippen MR) is 58.7 cm³/mol. The summed E-state index contributed by atoms with van der Waals surface area (Å²) in [7, 11) is 0. The average Bonchev–Trinajstić information content (AvgIpc) is 2.24. The molecule has 0 aromatic carbocycles. The number of ether oxygens (including phenoxy) is 1. The lowest BCUT2D eigenvalue weighted by molar-refractivity contribution is -0.172. The second-order valence-corrected chi connectivity index (χ2v) is 3.89. The van der Waals surface area contributed by atoms with Gasteiger partial charge in [-0.05, 0) is 20.3 Å². The first-order chi connectivity index (χ1) is 7.02. The fourth-order valence-corrected chi connectivity index (χ4v) is 1.65. The maximum atomic E-state index is 10.3. The van der Waals surface area contributed by atoms with Crippen molar-refractivity contribution in [1.82, 2.24) is 0 Å². The molecule has 3 atom stereocenters. The van der Waals surface area contributed by atoms with E-state index in [0.29, 0.717) is 13.0 Å². The Balaban J connectivity index is 4.51. The maximum absolute atomic E-state index is 10.3. The molecule has 0 bridgehead atoms. The van der Waals surface area contributed by atoms with Gasteiger partial charge in [-0.3, -0.25) is 0 Å². The van der Waals surface area contributed by atoms with Gasteiger partial charge < -0.3 is 20.1 Å². The van der Waals surface area contributed by atoms with Crippen molar-refractivity contribution in [2.45, 2.75) is 57.8 Å². The summed E-state index contributed by atoms with van der Waals surface area (Å²) in [6.07, 6.45) is 0.540. The Labute approximate surface area is 91.9 Å². The van der Waals surface area contributed by atoms with E-state index in [2.05, 4.69) is 0 Å². The van der Waals surface area contributed by atoms with Crippen molar-refractivity contribution in [3.05, 3.63) is 0 Å². The van der Waals surface area contributed by atoms with E-state index in [-0.39, 0.29) is 0 Å². The molecule has 0 saturated heterocycles. The van der Waals surface area contributed by atoms with E-state index in [4.69, 9.17) is 9.84 Å². The third-order valence-electron chi connectivity index (χ3n) is 2.80. The Bertz CT molecular complexity index is 163. The molecule has 1 unspecified atom stereocenters. The first-order valence-corrected chi connectivity index (χ1v) is 5.65. The van der Waals surface area contributed by atoms with Gasteiger partial charge in [-0.1, -0.05) is 19.8 Å². The highest BCUT2D eigenvalue weighted by atomic mass is 16.5. The molecule has 0 heterocycles. The molecule has 0 radical (unpaired) electrons. The molecule has 0 spiro atoms. The number of aliphatic hydroxyl groups is 3. The highest BCUT2D eigenvalue weighted by Crippen LogP contribution is 2.25. The van der Waals surface area contributed by atoms with Crippen molar-refractivity contribution >= 4 is 0 Å². The van der Waals surface area contributed by atoms with Gasteiger partial charge in [0.2, 0.25) is 0 Å². The third kappa shape index (κ3) is 4.07. The van der Waals surface area contributed by atoms with Crippen molar-refractivity contribution in [2.24, 2.45) is 0 Å². The van der Waals surface area contributed by atoms with E-state index in [1.54, 1.807) is 6.92 Å². The van der Waals surface area contributed by atoms with Crippen LogP contribution in [0.2, 0.25) is 0 Å². The van der Waals surface area contributed by atoms with Crippen molar-refractivity contribution in [1.29, 1.82) is 0 Å². The van der Waals surface area contributed by atoms with Crippen LogP contribution >= 0.6 is 0 Å². The quantitative estimate of drug-likeness (QED) is 0.563. The van der Waals surface area contributed by atoms with Crippen LogP contribution < -0.4 is 0 Å². The highest BCUT2D eigenvalue weighted by Gasteiger charge is 2.40. The summed E-state index contributed by atoms with van der Waals surface area (Å²) in [6, 6.07) is 0. The lowest BCUT2D eigenvalue weighted by Gasteiger charge is -2.37. The molecule has 4 nitrogen and oxygen atoms in total. The smallest absolute Gasteiger partial charge is 0.118 e. The molecule has 0 amide bonds. The zero-order valence-corrected chi connectivity index (χ0v) is 9.94. The molecule has 0 aromatic heterocycles. The van der Waals surface area contributed by atoms with Gasteiger partial charge >= 0.3 is 0 Å². The van der Waals surface area contributed by atoms with Crippen molar-refractivity contribution in [3.8, 4) is 0 Å². The highest BCUT2D eigenvalue weighted by molar-refractivity contribution is 4.91. The largest absolute Gasteiger partial charge is 0.394 e. The summed E-state index contributed by atoms with van der Waals surface area (Å²) in [4.78, 5) is 0. The summed E-state index contributed by atoms with van der Waals surface area (Å²) in [5.74, 6) is 0. The molecule has 0 aromatic rings. The van der Waals surface area contributed by atoms with Gasteiger partial charge in [0, 0.05) is 6.61 Å². The molecule has 3 N–H and O–H groups in total. The monoisotopic (exact) mass is 220 g/mol. The van der Waals surface area contributed by atoms with Gasteiger partial charge in [-0.15, -0.1) is 0 Å². The minimum atomic E-state index is -1.35. The number of rotatable bonds is 8. The van der Waals surface area contributed by atoms with Crippen molar-refractivity contribution in [2.75, 3.05) is 13.2 Å². The van der Waals surface area contributed by atoms with Gasteiger partial charge in [0.05, 0.1) is 12.7 Å². The van der Waals surface area contributed by atoms with Crippen LogP contribution in [0, 0.1) is 0 Å². The second-order valence-electron chi connectivity index (χ2n) is 3.89. The van der Waals surface area contributed by atoms with Crippen LogP contribution in [0.1, 0.15) is 40.0 Å². The van der Waals surface area contributed by atoms with E-state index in [1.165, 1.54) is 0 Å². The fourth-order valence-electron chi connectivity index (χ4n) is 1.65. The zero-order chi connectivity index (χ0) is 11.9. The molecule has 4 heteroatoms. The molecule has 0 saturated carbocycles. The summed E-state index contributed by atoms with van der Waals surface area (Å²) in [6.45, 7) is 5.60. The minimum absolute atomic E-state index is 0.437. The summed E-state index contributed by atoms with van der Waals surface area (Å²) < 4.78 is 5.31. The number of hydrogen-bond donors (Lipinski definition) is 3. The summed E-state index contributed by atoms with van der Waals surface area (Å²) in [5.41, 5.74) is -1.35. The molecule has 0 aliphatic heterocycles. The Morgan fingerprint density at radius 3 is 2.33 bits per heavy atom. The standard InChI is InChI=1S/C11H24O4/c1-4-6-7-11(14,10(13)8-12)9(3)15-5-2/h9-10,12-14H,4-8H2,1-3H3/t9?,10-,11-/m1/s1. The maximum Gasteiger partial charge on any atom is 0.118 e. The van der Waals surface area contributed by atoms with Crippen LogP contribution in [-0.4, -0.2) is 46.3 Å². The van der Waals surface area contributed by atoms with Crippen LogP contribution in [0.4, 0.5) is 0 Å². The van der Waals surface area contributed by atoms with Crippen LogP contribution in [0.3, 0.4) is 0 Å². The lowest BCUT2D eigenvalue weighted by atomic mass is 9.86. The first kappa shape index (κ1) is 14.8. The Morgan fingerprint density at radius 1 is 1.33 bits per heavy atom. The average molecular weight is 220 g/mol. The molecule has 92 valence electrons. The number of hydrogen-bond acceptors (Lipinski definition) is 4. The number of unbranched alkanes of at least 4 members (excludes halogenated alkanes) is 1. The van der Waals surface area contributed by atoms with Gasteiger partial charge in [-0.25, -0.2) is 0 Å². The van der Waals surface area contributed by atoms with Crippen LogP contribution in [-0.2, 0) is 4.74 Å². The van der Waals surface area contributed by atoms with Crippen LogP contribution in [0.25, 0.3) is 0 Å². The minimum Gasteiger partial charge on any atom is -0.394 e. The van der Waals surface area contributed by atoms with Gasteiger partial charge in [0.15, 0.2) is 0 Å². The van der Waals surface area contributed by atoms with E-state index >= 15 is 0 Å². The van der Waals surface area contributed by atoms with Crippen molar-refractivity contribution < 1.29 is 20.1 Å². The zero-order valence-electron chi connectivity index (χ0n) is 9.94. The van der Waals surface area contributed by atoms with Crippen LogP contribution in [0.5, 0.6) is 0 Å². The summed E-state index contributed by atoms with van der Waals surface area (Å²) in [5, 5.41) is 28.8. The molecule has 0 aliphatic carbocycles.